The number of thioether (sulfide) groups is 1. The number of Topliss-reactive ketones (excluding diaryl/α,β-unsaturated/α-hetero) is 1. The molecule has 2 aliphatic rings. The van der Waals surface area contributed by atoms with Gasteiger partial charge in [-0.25, -0.2) is 0 Å². The van der Waals surface area contributed by atoms with Gasteiger partial charge in [-0.15, -0.1) is 0 Å². The molecule has 4 heteroatoms. The maximum Gasteiger partial charge on any atom is 0.184 e. The van der Waals surface area contributed by atoms with E-state index in [2.05, 4.69) is 4.98 Å². The Morgan fingerprint density at radius 2 is 2.47 bits per heavy atom. The van der Waals surface area contributed by atoms with Gasteiger partial charge in [-0.1, -0.05) is 0 Å². The van der Waals surface area contributed by atoms with Gasteiger partial charge in [-0.05, 0) is 49.6 Å². The summed E-state index contributed by atoms with van der Waals surface area (Å²) in [6.07, 6.45) is 4.51. The van der Waals surface area contributed by atoms with Gasteiger partial charge in [0.15, 0.2) is 5.78 Å². The fraction of sp³-hybridized carbons (Fsp3) is 0.600. The van der Waals surface area contributed by atoms with Gasteiger partial charge in [-0.2, -0.15) is 11.8 Å². The summed E-state index contributed by atoms with van der Waals surface area (Å²) >= 11 is 1.94. The lowest BCUT2D eigenvalue weighted by Crippen LogP contribution is -2.42. The van der Waals surface area contributed by atoms with E-state index in [1.54, 1.807) is 6.20 Å². The smallest absolute Gasteiger partial charge is 0.184 e. The molecule has 3 rings (SSSR count). The minimum Gasteiger partial charge on any atom is -0.374 e. The van der Waals surface area contributed by atoms with Crippen molar-refractivity contribution in [3.8, 4) is 0 Å². The molecule has 3 heterocycles. The number of ether oxygens (including phenoxy) is 1. The van der Waals surface area contributed by atoms with Crippen LogP contribution >= 0.6 is 11.8 Å². The number of ketones is 1. The van der Waals surface area contributed by atoms with Crippen molar-refractivity contribution in [2.45, 2.75) is 31.8 Å². The summed E-state index contributed by atoms with van der Waals surface area (Å²) in [5.41, 5.74) is 1.68. The third kappa shape index (κ3) is 2.70. The van der Waals surface area contributed by atoms with Crippen molar-refractivity contribution in [2.24, 2.45) is 5.92 Å². The molecule has 2 atom stereocenters. The van der Waals surface area contributed by atoms with E-state index in [9.17, 15) is 4.79 Å². The molecule has 0 radical (unpaired) electrons. The van der Waals surface area contributed by atoms with Crippen LogP contribution in [0.3, 0.4) is 0 Å². The summed E-state index contributed by atoms with van der Waals surface area (Å²) in [7, 11) is 0. The Morgan fingerprint density at radius 3 is 3.21 bits per heavy atom. The molecule has 0 bridgehead atoms. The maximum atomic E-state index is 12.6. The molecule has 3 nitrogen and oxygen atoms in total. The average molecular weight is 277 g/mol. The first-order valence-corrected chi connectivity index (χ1v) is 8.03. The molecule has 2 saturated heterocycles. The monoisotopic (exact) mass is 277 g/mol. The lowest BCUT2D eigenvalue weighted by atomic mass is 9.82. The first-order valence-electron chi connectivity index (χ1n) is 6.87. The summed E-state index contributed by atoms with van der Waals surface area (Å²) in [5, 5.41) is 0. The molecule has 1 spiro atoms. The van der Waals surface area contributed by atoms with Crippen LogP contribution < -0.4 is 0 Å². The van der Waals surface area contributed by atoms with Gasteiger partial charge in [0, 0.05) is 24.5 Å². The van der Waals surface area contributed by atoms with Crippen molar-refractivity contribution in [1.29, 1.82) is 0 Å². The predicted octanol–water partition coefficient (Wildman–Crippen LogP) is 2.88. The quantitative estimate of drug-likeness (QED) is 0.779. The number of hydrogen-bond acceptors (Lipinski definition) is 4. The van der Waals surface area contributed by atoms with Gasteiger partial charge >= 0.3 is 0 Å². The topological polar surface area (TPSA) is 39.2 Å². The predicted molar refractivity (Wildman–Crippen MR) is 76.7 cm³/mol. The van der Waals surface area contributed by atoms with Crippen molar-refractivity contribution in [3.63, 3.8) is 0 Å². The van der Waals surface area contributed by atoms with Crippen LogP contribution in [0.25, 0.3) is 0 Å². The number of rotatable bonds is 2. The van der Waals surface area contributed by atoms with Crippen LogP contribution in [0.2, 0.25) is 0 Å². The van der Waals surface area contributed by atoms with Gasteiger partial charge in [0.1, 0.15) is 5.69 Å². The normalized spacial score (nSPS) is 30.7. The van der Waals surface area contributed by atoms with Gasteiger partial charge in [-0.3, -0.25) is 9.78 Å². The first kappa shape index (κ1) is 13.1. The van der Waals surface area contributed by atoms with Crippen LogP contribution in [0.15, 0.2) is 18.3 Å². The van der Waals surface area contributed by atoms with E-state index in [0.29, 0.717) is 12.3 Å². The molecule has 0 amide bonds. The molecule has 2 fully saturated rings. The average Bonchev–Trinajstić information content (AvgIpc) is 2.86. The largest absolute Gasteiger partial charge is 0.374 e. The van der Waals surface area contributed by atoms with E-state index in [0.717, 1.165) is 36.3 Å². The SMILES string of the molecule is Cc1ccnc(C(=O)C2CCOC3(CCSC3)C2)c1. The second-order valence-electron chi connectivity index (χ2n) is 5.61. The first-order chi connectivity index (χ1) is 9.19. The molecule has 1 aromatic rings. The number of carbonyl (C=O) groups is 1. The minimum absolute atomic E-state index is 0.0347. The Kier molecular flexibility index (Phi) is 3.63. The van der Waals surface area contributed by atoms with Crippen LogP contribution in [-0.4, -0.2) is 34.5 Å². The second-order valence-corrected chi connectivity index (χ2v) is 6.71. The van der Waals surface area contributed by atoms with Gasteiger partial charge in [0.2, 0.25) is 0 Å². The van der Waals surface area contributed by atoms with E-state index >= 15 is 0 Å². The van der Waals surface area contributed by atoms with Crippen LogP contribution in [0, 0.1) is 12.8 Å². The summed E-state index contributed by atoms with van der Waals surface area (Å²) in [5.74, 6) is 2.48. The molecule has 2 aliphatic heterocycles. The summed E-state index contributed by atoms with van der Waals surface area (Å²) in [4.78, 5) is 16.8. The summed E-state index contributed by atoms with van der Waals surface area (Å²) < 4.78 is 5.97. The zero-order valence-electron chi connectivity index (χ0n) is 11.2. The Labute approximate surface area is 118 Å². The van der Waals surface area contributed by atoms with E-state index in [4.69, 9.17) is 4.74 Å². The molecule has 2 unspecified atom stereocenters. The fourth-order valence-electron chi connectivity index (χ4n) is 2.99. The Bertz CT molecular complexity index is 483. The minimum atomic E-state index is -0.0347. The summed E-state index contributed by atoms with van der Waals surface area (Å²) in [6, 6.07) is 3.82. The lowest BCUT2D eigenvalue weighted by Gasteiger charge is -2.37. The van der Waals surface area contributed by atoms with Crippen molar-refractivity contribution in [3.05, 3.63) is 29.6 Å². The molecule has 102 valence electrons. The fourth-order valence-corrected chi connectivity index (χ4v) is 4.37. The Hall–Kier alpha value is -0.870. The third-order valence-corrected chi connectivity index (χ3v) is 5.32. The molecular weight excluding hydrogens is 258 g/mol. The summed E-state index contributed by atoms with van der Waals surface area (Å²) in [6.45, 7) is 2.71. The van der Waals surface area contributed by atoms with E-state index in [-0.39, 0.29) is 17.3 Å². The zero-order chi connectivity index (χ0) is 13.3. The van der Waals surface area contributed by atoms with E-state index < -0.39 is 0 Å². The van der Waals surface area contributed by atoms with Crippen LogP contribution in [0.1, 0.15) is 35.3 Å². The van der Waals surface area contributed by atoms with Gasteiger partial charge < -0.3 is 4.74 Å². The van der Waals surface area contributed by atoms with E-state index in [1.807, 2.05) is 30.8 Å². The highest BCUT2D eigenvalue weighted by atomic mass is 32.2. The molecular formula is C15H19NO2S. The zero-order valence-corrected chi connectivity index (χ0v) is 12.0. The van der Waals surface area contributed by atoms with Crippen molar-refractivity contribution < 1.29 is 9.53 Å². The van der Waals surface area contributed by atoms with Gasteiger partial charge in [0.05, 0.1) is 5.60 Å². The van der Waals surface area contributed by atoms with Crippen LogP contribution in [0.5, 0.6) is 0 Å². The molecule has 0 aliphatic carbocycles. The molecule has 0 saturated carbocycles. The van der Waals surface area contributed by atoms with Crippen LogP contribution in [-0.2, 0) is 4.74 Å². The Balaban J connectivity index is 1.76. The highest BCUT2D eigenvalue weighted by Gasteiger charge is 2.42. The molecule has 19 heavy (non-hydrogen) atoms. The van der Waals surface area contributed by atoms with Crippen molar-refractivity contribution in [1.82, 2.24) is 4.98 Å². The highest BCUT2D eigenvalue weighted by molar-refractivity contribution is 7.99. The van der Waals surface area contributed by atoms with Crippen molar-refractivity contribution in [2.75, 3.05) is 18.1 Å². The highest BCUT2D eigenvalue weighted by Crippen LogP contribution is 2.41. The number of hydrogen-bond donors (Lipinski definition) is 0. The van der Waals surface area contributed by atoms with Crippen molar-refractivity contribution >= 4 is 17.5 Å². The number of carbonyl (C=O) groups excluding carboxylic acids is 1. The number of nitrogens with zero attached hydrogens (tertiary/aromatic N) is 1. The molecule has 1 aromatic heterocycles. The lowest BCUT2D eigenvalue weighted by molar-refractivity contribution is -0.0735. The van der Waals surface area contributed by atoms with Gasteiger partial charge in [0.25, 0.3) is 0 Å². The number of pyridine rings is 1. The second kappa shape index (κ2) is 5.25. The van der Waals surface area contributed by atoms with Crippen LogP contribution in [0.4, 0.5) is 0 Å². The maximum absolute atomic E-state index is 12.6. The number of aromatic nitrogens is 1. The standard InChI is InChI=1S/C15H19NO2S/c1-11-2-5-16-13(8-11)14(17)12-3-6-18-15(9-12)4-7-19-10-15/h2,5,8,12H,3-4,6-7,9-10H2,1H3. The molecule has 0 aromatic carbocycles. The van der Waals surface area contributed by atoms with E-state index in [1.165, 1.54) is 0 Å². The number of aryl methyl sites for hydroxylation is 1. The Morgan fingerprint density at radius 1 is 1.58 bits per heavy atom. The molecule has 0 N–H and O–H groups in total. The third-order valence-electron chi connectivity index (χ3n) is 4.10.